The fourth-order valence-corrected chi connectivity index (χ4v) is 6.16. The van der Waals surface area contributed by atoms with E-state index < -0.39 is 0 Å². The monoisotopic (exact) mass is 539 g/mol. The zero-order valence-electron chi connectivity index (χ0n) is 19.2. The van der Waals surface area contributed by atoms with E-state index in [4.69, 9.17) is 21.1 Å². The molecule has 2 aromatic heterocycles. The Morgan fingerprint density at radius 1 is 1.03 bits per heavy atom. The standard InChI is InChI=1S/C26H19ClFN3O3S2/c1-33-20-12-11-16(13-21(20)34-2)23(32)24-22(15-7-4-3-5-8-15)31-25(29-30-26(31)36-24)35-14-17-18(27)9-6-10-19(17)28/h3-13H,14H2,1-2H3. The second-order valence-corrected chi connectivity index (χ2v) is 9.96. The summed E-state index contributed by atoms with van der Waals surface area (Å²) < 4.78 is 26.9. The van der Waals surface area contributed by atoms with Crippen molar-refractivity contribution in [2.24, 2.45) is 0 Å². The van der Waals surface area contributed by atoms with E-state index in [0.29, 0.717) is 48.3 Å². The molecule has 3 aromatic carbocycles. The smallest absolute Gasteiger partial charge is 0.218 e. The molecule has 0 fully saturated rings. The van der Waals surface area contributed by atoms with Crippen molar-refractivity contribution in [2.45, 2.75) is 10.9 Å². The van der Waals surface area contributed by atoms with Crippen molar-refractivity contribution in [2.75, 3.05) is 14.2 Å². The molecule has 0 N–H and O–H groups in total. The Labute approximate surface area is 219 Å². The summed E-state index contributed by atoms with van der Waals surface area (Å²) in [7, 11) is 3.07. The van der Waals surface area contributed by atoms with Crippen molar-refractivity contribution < 1.29 is 18.7 Å². The van der Waals surface area contributed by atoms with Gasteiger partial charge in [-0.05, 0) is 30.3 Å². The number of fused-ring (bicyclic) bond motifs is 1. The molecule has 0 saturated heterocycles. The number of benzene rings is 3. The van der Waals surface area contributed by atoms with Crippen molar-refractivity contribution in [3.63, 3.8) is 0 Å². The lowest BCUT2D eigenvalue weighted by molar-refractivity contribution is 0.104. The largest absolute Gasteiger partial charge is 0.493 e. The highest BCUT2D eigenvalue weighted by atomic mass is 35.5. The minimum absolute atomic E-state index is 0.182. The normalized spacial score (nSPS) is 11.1. The van der Waals surface area contributed by atoms with E-state index in [1.807, 2.05) is 34.7 Å². The molecular formula is C26H19ClFN3O3S2. The summed E-state index contributed by atoms with van der Waals surface area (Å²) in [5, 5.41) is 9.50. The molecule has 0 spiro atoms. The van der Waals surface area contributed by atoms with Crippen LogP contribution in [0.15, 0.2) is 71.9 Å². The van der Waals surface area contributed by atoms with Crippen molar-refractivity contribution >= 4 is 45.4 Å². The molecule has 5 rings (SSSR count). The average Bonchev–Trinajstić information content (AvgIpc) is 3.47. The van der Waals surface area contributed by atoms with Gasteiger partial charge in [-0.25, -0.2) is 4.39 Å². The number of carbonyl (C=O) groups is 1. The average molecular weight is 540 g/mol. The van der Waals surface area contributed by atoms with Gasteiger partial charge in [-0.3, -0.25) is 9.20 Å². The van der Waals surface area contributed by atoms with Crippen LogP contribution >= 0.6 is 34.7 Å². The summed E-state index contributed by atoms with van der Waals surface area (Å²) in [6.45, 7) is 0. The van der Waals surface area contributed by atoms with Crippen LogP contribution in [0, 0.1) is 5.82 Å². The van der Waals surface area contributed by atoms with Gasteiger partial charge in [0.15, 0.2) is 16.7 Å². The Morgan fingerprint density at radius 2 is 1.81 bits per heavy atom. The molecule has 182 valence electrons. The fourth-order valence-electron chi connectivity index (χ4n) is 3.77. The molecule has 6 nitrogen and oxygen atoms in total. The maximum atomic E-state index is 14.3. The van der Waals surface area contributed by atoms with Crippen LogP contribution in [0.5, 0.6) is 11.5 Å². The van der Waals surface area contributed by atoms with Gasteiger partial charge in [0.2, 0.25) is 10.7 Å². The number of rotatable bonds is 8. The van der Waals surface area contributed by atoms with Gasteiger partial charge in [0.25, 0.3) is 0 Å². The van der Waals surface area contributed by atoms with Gasteiger partial charge in [0.05, 0.1) is 19.9 Å². The maximum absolute atomic E-state index is 14.3. The lowest BCUT2D eigenvalue weighted by atomic mass is 10.0. The Balaban J connectivity index is 1.61. The molecule has 0 aliphatic rings. The topological polar surface area (TPSA) is 65.7 Å². The van der Waals surface area contributed by atoms with Gasteiger partial charge in [-0.15, -0.1) is 10.2 Å². The maximum Gasteiger partial charge on any atom is 0.218 e. The molecule has 36 heavy (non-hydrogen) atoms. The number of thioether (sulfide) groups is 1. The number of hydrogen-bond donors (Lipinski definition) is 0. The molecule has 0 amide bonds. The molecule has 0 saturated carbocycles. The number of thiazole rings is 1. The van der Waals surface area contributed by atoms with Gasteiger partial charge in [-0.1, -0.05) is 71.1 Å². The molecule has 0 radical (unpaired) electrons. The second-order valence-electron chi connectivity index (χ2n) is 7.63. The molecular weight excluding hydrogens is 521 g/mol. The Kier molecular flexibility index (Phi) is 6.95. The first kappa shape index (κ1) is 24.3. The van der Waals surface area contributed by atoms with E-state index in [9.17, 15) is 9.18 Å². The van der Waals surface area contributed by atoms with Crippen molar-refractivity contribution in [3.05, 3.63) is 93.6 Å². The zero-order chi connectivity index (χ0) is 25.2. The van der Waals surface area contributed by atoms with E-state index >= 15 is 0 Å². The van der Waals surface area contributed by atoms with Crippen LogP contribution in [0.2, 0.25) is 5.02 Å². The number of methoxy groups -OCH3 is 2. The Bertz CT molecular complexity index is 1550. The first-order valence-electron chi connectivity index (χ1n) is 10.8. The first-order chi connectivity index (χ1) is 17.5. The van der Waals surface area contributed by atoms with Gasteiger partial charge in [0, 0.05) is 27.5 Å². The first-order valence-corrected chi connectivity index (χ1v) is 13.0. The summed E-state index contributed by atoms with van der Waals surface area (Å²) >= 11 is 8.77. The minimum atomic E-state index is -0.381. The molecule has 10 heteroatoms. The zero-order valence-corrected chi connectivity index (χ0v) is 21.6. The summed E-state index contributed by atoms with van der Waals surface area (Å²) in [6.07, 6.45) is 0. The van der Waals surface area contributed by atoms with E-state index in [1.54, 1.807) is 37.4 Å². The van der Waals surface area contributed by atoms with Gasteiger partial charge in [-0.2, -0.15) is 0 Å². The predicted octanol–water partition coefficient (Wildman–Crippen LogP) is 6.79. The van der Waals surface area contributed by atoms with E-state index in [1.165, 1.54) is 36.3 Å². The van der Waals surface area contributed by atoms with E-state index in [2.05, 4.69) is 10.2 Å². The van der Waals surface area contributed by atoms with Crippen LogP contribution in [0.3, 0.4) is 0 Å². The number of carbonyl (C=O) groups excluding carboxylic acids is 1. The number of hydrogen-bond acceptors (Lipinski definition) is 7. The number of ketones is 1. The predicted molar refractivity (Wildman–Crippen MR) is 140 cm³/mol. The van der Waals surface area contributed by atoms with Crippen LogP contribution in [0.25, 0.3) is 16.2 Å². The van der Waals surface area contributed by atoms with Crippen LogP contribution in [0.1, 0.15) is 20.8 Å². The number of nitrogens with zero attached hydrogens (tertiary/aromatic N) is 3. The highest BCUT2D eigenvalue weighted by Crippen LogP contribution is 2.38. The molecule has 5 aromatic rings. The lowest BCUT2D eigenvalue weighted by Crippen LogP contribution is -2.04. The van der Waals surface area contributed by atoms with Crippen molar-refractivity contribution in [1.29, 1.82) is 0 Å². The highest BCUT2D eigenvalue weighted by molar-refractivity contribution is 7.98. The molecule has 2 heterocycles. The summed E-state index contributed by atoms with van der Waals surface area (Å²) in [4.78, 5) is 14.8. The fraction of sp³-hybridized carbons (Fsp3) is 0.115. The van der Waals surface area contributed by atoms with Gasteiger partial charge in [0.1, 0.15) is 10.7 Å². The summed E-state index contributed by atoms with van der Waals surface area (Å²) in [5.74, 6) is 0.695. The van der Waals surface area contributed by atoms with Crippen LogP contribution < -0.4 is 9.47 Å². The van der Waals surface area contributed by atoms with E-state index in [0.717, 1.165) is 5.56 Å². The SMILES string of the molecule is COc1ccc(C(=O)c2sc3nnc(SCc4c(F)cccc4Cl)n3c2-c2ccccc2)cc1OC. The highest BCUT2D eigenvalue weighted by Gasteiger charge is 2.26. The Hall–Kier alpha value is -3.40. The number of ether oxygens (including phenoxy) is 2. The van der Waals surface area contributed by atoms with Gasteiger partial charge >= 0.3 is 0 Å². The molecule has 0 bridgehead atoms. The molecule has 0 atom stereocenters. The quantitative estimate of drug-likeness (QED) is 0.160. The molecule has 0 aliphatic carbocycles. The van der Waals surface area contributed by atoms with Gasteiger partial charge < -0.3 is 9.47 Å². The molecule has 0 aliphatic heterocycles. The number of halogens is 2. The minimum Gasteiger partial charge on any atom is -0.493 e. The third kappa shape index (κ3) is 4.45. The second kappa shape index (κ2) is 10.3. The van der Waals surface area contributed by atoms with E-state index in [-0.39, 0.29) is 17.4 Å². The van der Waals surface area contributed by atoms with Crippen LogP contribution in [-0.2, 0) is 5.75 Å². The lowest BCUT2D eigenvalue weighted by Gasteiger charge is -2.10. The third-order valence-electron chi connectivity index (χ3n) is 5.54. The summed E-state index contributed by atoms with van der Waals surface area (Å²) in [6, 6.07) is 19.2. The van der Waals surface area contributed by atoms with Crippen molar-refractivity contribution in [1.82, 2.24) is 14.6 Å². The molecule has 0 unspecified atom stereocenters. The van der Waals surface area contributed by atoms with Crippen LogP contribution in [0.4, 0.5) is 4.39 Å². The Morgan fingerprint density at radius 3 is 2.53 bits per heavy atom. The van der Waals surface area contributed by atoms with Crippen LogP contribution in [-0.4, -0.2) is 34.6 Å². The van der Waals surface area contributed by atoms with Crippen molar-refractivity contribution in [3.8, 4) is 22.8 Å². The number of aromatic nitrogens is 3. The third-order valence-corrected chi connectivity index (χ3v) is 7.88. The summed E-state index contributed by atoms with van der Waals surface area (Å²) in [5.41, 5.74) is 2.34.